The Labute approximate surface area is 83.8 Å². The van der Waals surface area contributed by atoms with E-state index in [0.717, 1.165) is 6.42 Å². The summed E-state index contributed by atoms with van der Waals surface area (Å²) in [4.78, 5) is 0. The fraction of sp³-hybridized carbons (Fsp3) is 0.455. The molecule has 3 heteroatoms. The van der Waals surface area contributed by atoms with Crippen LogP contribution in [0.3, 0.4) is 0 Å². The summed E-state index contributed by atoms with van der Waals surface area (Å²) in [5.41, 5.74) is 0.0937. The van der Waals surface area contributed by atoms with Gasteiger partial charge < -0.3 is 0 Å². The first-order chi connectivity index (χ1) is 6.68. The highest BCUT2D eigenvalue weighted by Gasteiger charge is 2.01. The molecule has 0 rings (SSSR count). The van der Waals surface area contributed by atoms with Crippen molar-refractivity contribution in [3.63, 3.8) is 0 Å². The molecule has 14 heavy (non-hydrogen) atoms. The van der Waals surface area contributed by atoms with Crippen LogP contribution in [0.5, 0.6) is 0 Å². The minimum Gasteiger partial charge on any atom is -0.255 e. The molecule has 0 saturated carbocycles. The van der Waals surface area contributed by atoms with Crippen LogP contribution in [0.4, 0.5) is 13.2 Å². The molecule has 0 aromatic carbocycles. The summed E-state index contributed by atoms with van der Waals surface area (Å²) in [6.45, 7) is 3.43. The van der Waals surface area contributed by atoms with Gasteiger partial charge in [-0.2, -0.15) is 0 Å². The topological polar surface area (TPSA) is 0 Å². The number of hydrogen-bond donors (Lipinski definition) is 0. The monoisotopic (exact) mass is 206 g/mol. The molecule has 0 atom stereocenters. The Kier molecular flexibility index (Phi) is 13.3. The maximum absolute atomic E-state index is 11.9. The largest absolute Gasteiger partial charge is 0.259 e. The highest BCUT2D eigenvalue weighted by Crippen LogP contribution is 2.06. The molecule has 0 aromatic rings. The van der Waals surface area contributed by atoms with Crippen LogP contribution in [-0.2, 0) is 0 Å². The average molecular weight is 206 g/mol. The van der Waals surface area contributed by atoms with Crippen LogP contribution < -0.4 is 0 Å². The quantitative estimate of drug-likeness (QED) is 0.601. The van der Waals surface area contributed by atoms with Crippen LogP contribution >= 0.6 is 0 Å². The van der Waals surface area contributed by atoms with E-state index in [2.05, 4.69) is 0 Å². The van der Waals surface area contributed by atoms with Gasteiger partial charge in [0, 0.05) is 0 Å². The highest BCUT2D eigenvalue weighted by atomic mass is 19.3. The van der Waals surface area contributed by atoms with Crippen molar-refractivity contribution in [3.05, 3.63) is 36.0 Å². The summed E-state index contributed by atoms with van der Waals surface area (Å²) in [6.07, 6.45) is 7.21. The zero-order chi connectivity index (χ0) is 11.4. The van der Waals surface area contributed by atoms with Crippen LogP contribution in [0.25, 0.3) is 0 Å². The van der Waals surface area contributed by atoms with E-state index in [1.165, 1.54) is 13.0 Å². The van der Waals surface area contributed by atoms with Crippen molar-refractivity contribution in [3.8, 4) is 0 Å². The first kappa shape index (κ1) is 15.5. The lowest BCUT2D eigenvalue weighted by Gasteiger charge is -1.93. The minimum atomic E-state index is -2.34. The third kappa shape index (κ3) is 11.0. The molecule has 0 aliphatic heterocycles. The lowest BCUT2D eigenvalue weighted by molar-refractivity contribution is 0.190. The molecule has 0 fully saturated rings. The first-order valence-corrected chi connectivity index (χ1v) is 4.34. The highest BCUT2D eigenvalue weighted by molar-refractivity contribution is 5.16. The molecule has 82 valence electrons. The van der Waals surface area contributed by atoms with Crippen molar-refractivity contribution < 1.29 is 13.2 Å². The van der Waals surface area contributed by atoms with E-state index in [-0.39, 0.29) is 5.57 Å². The Morgan fingerprint density at radius 2 is 1.71 bits per heavy atom. The number of alkyl halides is 3. The van der Waals surface area contributed by atoms with Crippen LogP contribution in [-0.4, -0.2) is 13.6 Å². The minimum absolute atomic E-state index is 0.0937. The number of allylic oxidation sites excluding steroid dienone is 6. The second kappa shape index (κ2) is 12.0. The van der Waals surface area contributed by atoms with Crippen LogP contribution in [0.15, 0.2) is 36.0 Å². The average Bonchev–Trinajstić information content (AvgIpc) is 2.20. The van der Waals surface area contributed by atoms with E-state index in [1.807, 2.05) is 19.1 Å². The van der Waals surface area contributed by atoms with Gasteiger partial charge in [0.15, 0.2) is 0 Å². The molecule has 0 aliphatic rings. The van der Waals surface area contributed by atoms with Crippen LogP contribution in [0.1, 0.15) is 20.3 Å². The molecular formula is C11H17F3. The third-order valence-electron chi connectivity index (χ3n) is 1.30. The summed E-state index contributed by atoms with van der Waals surface area (Å²) in [6, 6.07) is 0. The molecule has 0 spiro atoms. The van der Waals surface area contributed by atoms with E-state index in [4.69, 9.17) is 0 Å². The van der Waals surface area contributed by atoms with Gasteiger partial charge >= 0.3 is 0 Å². The van der Waals surface area contributed by atoms with Gasteiger partial charge in [0.05, 0.1) is 7.18 Å². The summed E-state index contributed by atoms with van der Waals surface area (Å²) in [5, 5.41) is 0. The van der Waals surface area contributed by atoms with Gasteiger partial charge in [0.25, 0.3) is 6.43 Å². The smallest absolute Gasteiger partial charge is 0.255 e. The molecule has 0 N–H and O–H groups in total. The maximum atomic E-state index is 11.9. The molecule has 0 bridgehead atoms. The van der Waals surface area contributed by atoms with Crippen molar-refractivity contribution in [2.45, 2.75) is 26.7 Å². The Bertz CT molecular complexity index is 191. The molecule has 0 aromatic heterocycles. The maximum Gasteiger partial charge on any atom is 0.259 e. The third-order valence-corrected chi connectivity index (χ3v) is 1.30. The van der Waals surface area contributed by atoms with Crippen molar-refractivity contribution in [1.82, 2.24) is 0 Å². The van der Waals surface area contributed by atoms with Gasteiger partial charge in [-0.15, -0.1) is 0 Å². The SMILES string of the molecule is CC/C=C/C=C\C=C(/C)C(F)F.CF. The molecule has 0 aliphatic carbocycles. The van der Waals surface area contributed by atoms with Gasteiger partial charge in [-0.05, 0) is 18.9 Å². The standard InChI is InChI=1S/C10H14F2.CH3F/c1-3-4-5-6-7-8-9(2)10(11)12;1-2/h4-8,10H,3H2,1-2H3;1H3/b5-4+,7-6-,9-8+;. The van der Waals surface area contributed by atoms with Gasteiger partial charge in [0.2, 0.25) is 0 Å². The van der Waals surface area contributed by atoms with Gasteiger partial charge in [-0.3, -0.25) is 4.39 Å². The molecule has 0 unspecified atom stereocenters. The Hall–Kier alpha value is -0.990. The number of hydrogen-bond acceptors (Lipinski definition) is 0. The zero-order valence-corrected chi connectivity index (χ0v) is 8.81. The second-order valence-electron chi connectivity index (χ2n) is 2.43. The molecule has 0 nitrogen and oxygen atoms in total. The summed E-state index contributed by atoms with van der Waals surface area (Å²) >= 11 is 0. The predicted octanol–water partition coefficient (Wildman–Crippen LogP) is 4.31. The van der Waals surface area contributed by atoms with Crippen LogP contribution in [0.2, 0.25) is 0 Å². The van der Waals surface area contributed by atoms with Crippen LogP contribution in [0, 0.1) is 0 Å². The molecule has 0 saturated heterocycles. The van der Waals surface area contributed by atoms with E-state index in [1.54, 1.807) is 12.2 Å². The molecule has 0 radical (unpaired) electrons. The molecule has 0 heterocycles. The van der Waals surface area contributed by atoms with Crippen molar-refractivity contribution in [2.75, 3.05) is 7.18 Å². The fourth-order valence-electron chi connectivity index (χ4n) is 0.559. The predicted molar refractivity (Wildman–Crippen MR) is 55.4 cm³/mol. The summed E-state index contributed by atoms with van der Waals surface area (Å²) in [5.74, 6) is 0. The first-order valence-electron chi connectivity index (χ1n) is 4.34. The van der Waals surface area contributed by atoms with E-state index in [0.29, 0.717) is 7.18 Å². The molecule has 0 amide bonds. The fourth-order valence-corrected chi connectivity index (χ4v) is 0.559. The van der Waals surface area contributed by atoms with Crippen molar-refractivity contribution in [1.29, 1.82) is 0 Å². The normalized spacial score (nSPS) is 12.4. The second-order valence-corrected chi connectivity index (χ2v) is 2.43. The van der Waals surface area contributed by atoms with E-state index in [9.17, 15) is 13.2 Å². The van der Waals surface area contributed by atoms with Crippen molar-refractivity contribution in [2.24, 2.45) is 0 Å². The zero-order valence-electron chi connectivity index (χ0n) is 8.81. The molecular weight excluding hydrogens is 189 g/mol. The van der Waals surface area contributed by atoms with Gasteiger partial charge in [0.1, 0.15) is 0 Å². The Balaban J connectivity index is 0. The van der Waals surface area contributed by atoms with E-state index >= 15 is 0 Å². The lowest BCUT2D eigenvalue weighted by Crippen LogP contribution is -1.89. The van der Waals surface area contributed by atoms with Gasteiger partial charge in [-0.25, -0.2) is 8.78 Å². The van der Waals surface area contributed by atoms with Crippen molar-refractivity contribution >= 4 is 0 Å². The summed E-state index contributed by atoms with van der Waals surface area (Å²) in [7, 11) is 0.500. The summed E-state index contributed by atoms with van der Waals surface area (Å²) < 4.78 is 33.3. The van der Waals surface area contributed by atoms with Gasteiger partial charge in [-0.1, -0.05) is 37.3 Å². The Morgan fingerprint density at radius 1 is 1.14 bits per heavy atom. The number of rotatable bonds is 4. The lowest BCUT2D eigenvalue weighted by atomic mass is 10.3. The number of halogens is 3. The Morgan fingerprint density at radius 3 is 2.14 bits per heavy atom. The van der Waals surface area contributed by atoms with E-state index < -0.39 is 6.43 Å².